The molecule has 1 atom stereocenters. The average molecular weight is 214 g/mol. The van der Waals surface area contributed by atoms with Crippen molar-refractivity contribution in [3.63, 3.8) is 0 Å². The molecule has 80 valence electrons. The van der Waals surface area contributed by atoms with Gasteiger partial charge in [-0.25, -0.2) is 0 Å². The fourth-order valence-corrected chi connectivity index (χ4v) is 1.38. The van der Waals surface area contributed by atoms with Gasteiger partial charge < -0.3 is 4.42 Å². The summed E-state index contributed by atoms with van der Waals surface area (Å²) in [5, 5.41) is 0.698. The van der Waals surface area contributed by atoms with Crippen LogP contribution in [0.5, 0.6) is 0 Å². The van der Waals surface area contributed by atoms with Crippen LogP contribution in [-0.2, 0) is 0 Å². The van der Waals surface area contributed by atoms with Gasteiger partial charge in [0.05, 0.1) is 0 Å². The molecule has 0 spiro atoms. The SMILES string of the molecule is C[C@H](c1cc2ccccc2o1)C(F)(F)F. The highest BCUT2D eigenvalue weighted by molar-refractivity contribution is 5.77. The Kier molecular flexibility index (Phi) is 2.21. The molecule has 0 aliphatic rings. The summed E-state index contributed by atoms with van der Waals surface area (Å²) in [7, 11) is 0. The van der Waals surface area contributed by atoms with Gasteiger partial charge in [0.2, 0.25) is 0 Å². The maximum absolute atomic E-state index is 12.4. The van der Waals surface area contributed by atoms with Crippen LogP contribution in [0.3, 0.4) is 0 Å². The lowest BCUT2D eigenvalue weighted by atomic mass is 10.1. The molecular formula is C11H9F3O. The van der Waals surface area contributed by atoms with E-state index in [0.717, 1.165) is 6.92 Å². The molecule has 0 radical (unpaired) electrons. The molecule has 0 amide bonds. The fourth-order valence-electron chi connectivity index (χ4n) is 1.38. The Bertz CT molecular complexity index is 437. The van der Waals surface area contributed by atoms with Gasteiger partial charge in [0.25, 0.3) is 0 Å². The lowest BCUT2D eigenvalue weighted by Crippen LogP contribution is -2.16. The van der Waals surface area contributed by atoms with Crippen LogP contribution in [-0.4, -0.2) is 6.18 Å². The summed E-state index contributed by atoms with van der Waals surface area (Å²) in [5.74, 6) is -1.60. The van der Waals surface area contributed by atoms with E-state index in [1.165, 1.54) is 6.07 Å². The second-order valence-electron chi connectivity index (χ2n) is 3.45. The number of fused-ring (bicyclic) bond motifs is 1. The smallest absolute Gasteiger partial charge is 0.398 e. The van der Waals surface area contributed by atoms with Crippen LogP contribution in [0.15, 0.2) is 34.7 Å². The summed E-state index contributed by atoms with van der Waals surface area (Å²) in [6.07, 6.45) is -4.26. The van der Waals surface area contributed by atoms with Gasteiger partial charge in [0, 0.05) is 5.39 Å². The van der Waals surface area contributed by atoms with E-state index in [4.69, 9.17) is 4.42 Å². The van der Waals surface area contributed by atoms with Crippen molar-refractivity contribution in [1.82, 2.24) is 0 Å². The summed E-state index contributed by atoms with van der Waals surface area (Å²) < 4.78 is 42.3. The standard InChI is InChI=1S/C11H9F3O/c1-7(11(12,13)14)10-6-8-4-2-3-5-9(8)15-10/h2-7H,1H3/t7-/m1/s1. The van der Waals surface area contributed by atoms with E-state index < -0.39 is 12.1 Å². The molecule has 0 N–H and O–H groups in total. The average Bonchev–Trinajstić information content (AvgIpc) is 2.58. The van der Waals surface area contributed by atoms with Crippen molar-refractivity contribution in [2.45, 2.75) is 19.0 Å². The first-order valence-corrected chi connectivity index (χ1v) is 4.53. The molecule has 2 aromatic rings. The molecule has 1 nitrogen and oxygen atoms in total. The number of hydrogen-bond acceptors (Lipinski definition) is 1. The van der Waals surface area contributed by atoms with Crippen LogP contribution >= 0.6 is 0 Å². The van der Waals surface area contributed by atoms with Crippen molar-refractivity contribution in [3.05, 3.63) is 36.1 Å². The maximum atomic E-state index is 12.4. The maximum Gasteiger partial charge on any atom is 0.398 e. The second kappa shape index (κ2) is 3.29. The van der Waals surface area contributed by atoms with E-state index in [1.54, 1.807) is 24.3 Å². The second-order valence-corrected chi connectivity index (χ2v) is 3.45. The van der Waals surface area contributed by atoms with E-state index in [0.29, 0.717) is 11.0 Å². The highest BCUT2D eigenvalue weighted by atomic mass is 19.4. The van der Waals surface area contributed by atoms with Gasteiger partial charge in [-0.3, -0.25) is 0 Å². The minimum absolute atomic E-state index is 0.0382. The Morgan fingerprint density at radius 2 is 1.87 bits per heavy atom. The number of para-hydroxylation sites is 1. The minimum Gasteiger partial charge on any atom is -0.460 e. The van der Waals surface area contributed by atoms with Crippen LogP contribution < -0.4 is 0 Å². The molecule has 15 heavy (non-hydrogen) atoms. The summed E-state index contributed by atoms with van der Waals surface area (Å²) in [6, 6.07) is 8.31. The van der Waals surface area contributed by atoms with E-state index in [1.807, 2.05) is 0 Å². The van der Waals surface area contributed by atoms with Gasteiger partial charge in [-0.1, -0.05) is 18.2 Å². The molecule has 2 rings (SSSR count). The first-order valence-electron chi connectivity index (χ1n) is 4.53. The molecule has 0 aliphatic heterocycles. The predicted molar refractivity (Wildman–Crippen MR) is 50.7 cm³/mol. The van der Waals surface area contributed by atoms with E-state index in [2.05, 4.69) is 0 Å². The minimum atomic E-state index is -4.26. The van der Waals surface area contributed by atoms with Crippen molar-refractivity contribution in [1.29, 1.82) is 0 Å². The van der Waals surface area contributed by atoms with Gasteiger partial charge >= 0.3 is 6.18 Å². The first-order chi connectivity index (χ1) is 6.98. The Labute approximate surface area is 84.5 Å². The summed E-state index contributed by atoms with van der Waals surface area (Å²) >= 11 is 0. The molecule has 0 unspecified atom stereocenters. The Hall–Kier alpha value is -1.45. The molecule has 0 saturated heterocycles. The third-order valence-electron chi connectivity index (χ3n) is 2.36. The highest BCUT2D eigenvalue weighted by Gasteiger charge is 2.39. The molecule has 1 aromatic carbocycles. The Morgan fingerprint density at radius 3 is 2.47 bits per heavy atom. The third-order valence-corrected chi connectivity index (χ3v) is 2.36. The molecule has 0 fully saturated rings. The zero-order chi connectivity index (χ0) is 11.1. The van der Waals surface area contributed by atoms with Gasteiger partial charge in [0.15, 0.2) is 0 Å². The lowest BCUT2D eigenvalue weighted by Gasteiger charge is -2.12. The third kappa shape index (κ3) is 1.84. The number of hydrogen-bond donors (Lipinski definition) is 0. The highest BCUT2D eigenvalue weighted by Crippen LogP contribution is 2.36. The molecular weight excluding hydrogens is 205 g/mol. The van der Waals surface area contributed by atoms with Crippen molar-refractivity contribution < 1.29 is 17.6 Å². The normalized spacial score (nSPS) is 14.4. The van der Waals surface area contributed by atoms with Crippen molar-refractivity contribution >= 4 is 11.0 Å². The molecule has 0 saturated carbocycles. The lowest BCUT2D eigenvalue weighted by molar-refractivity contribution is -0.149. The quantitative estimate of drug-likeness (QED) is 0.696. The molecule has 4 heteroatoms. The van der Waals surface area contributed by atoms with Crippen molar-refractivity contribution in [2.75, 3.05) is 0 Å². The van der Waals surface area contributed by atoms with Crippen LogP contribution in [0.1, 0.15) is 18.6 Å². The van der Waals surface area contributed by atoms with Gasteiger partial charge in [0.1, 0.15) is 17.3 Å². The number of rotatable bonds is 1. The van der Waals surface area contributed by atoms with Gasteiger partial charge in [-0.05, 0) is 19.1 Å². The zero-order valence-corrected chi connectivity index (χ0v) is 8.01. The molecule has 1 heterocycles. The van der Waals surface area contributed by atoms with Crippen LogP contribution in [0.2, 0.25) is 0 Å². The van der Waals surface area contributed by atoms with E-state index in [9.17, 15) is 13.2 Å². The number of benzene rings is 1. The number of furan rings is 1. The van der Waals surface area contributed by atoms with E-state index in [-0.39, 0.29) is 5.76 Å². The summed E-state index contributed by atoms with van der Waals surface area (Å²) in [5.41, 5.74) is 0.489. The largest absolute Gasteiger partial charge is 0.460 e. The summed E-state index contributed by atoms with van der Waals surface area (Å²) in [4.78, 5) is 0. The molecule has 1 aromatic heterocycles. The fraction of sp³-hybridized carbons (Fsp3) is 0.273. The monoisotopic (exact) mass is 214 g/mol. The first kappa shape index (κ1) is 10.1. The molecule has 0 aliphatic carbocycles. The topological polar surface area (TPSA) is 13.1 Å². The van der Waals surface area contributed by atoms with Crippen LogP contribution in [0, 0.1) is 0 Å². The van der Waals surface area contributed by atoms with Gasteiger partial charge in [-0.2, -0.15) is 13.2 Å². The van der Waals surface area contributed by atoms with Crippen LogP contribution in [0.25, 0.3) is 11.0 Å². The molecule has 0 bridgehead atoms. The Balaban J connectivity index is 2.45. The summed E-state index contributed by atoms with van der Waals surface area (Å²) in [6.45, 7) is 1.09. The van der Waals surface area contributed by atoms with Crippen molar-refractivity contribution in [3.8, 4) is 0 Å². The number of halogens is 3. The van der Waals surface area contributed by atoms with E-state index >= 15 is 0 Å². The Morgan fingerprint density at radius 1 is 1.20 bits per heavy atom. The number of alkyl halides is 3. The predicted octanol–water partition coefficient (Wildman–Crippen LogP) is 4.10. The van der Waals surface area contributed by atoms with Crippen molar-refractivity contribution in [2.24, 2.45) is 0 Å². The zero-order valence-electron chi connectivity index (χ0n) is 8.01. The van der Waals surface area contributed by atoms with Gasteiger partial charge in [-0.15, -0.1) is 0 Å². The van der Waals surface area contributed by atoms with Crippen LogP contribution in [0.4, 0.5) is 13.2 Å².